The summed E-state index contributed by atoms with van der Waals surface area (Å²) in [6, 6.07) is 0. The third-order valence-electron chi connectivity index (χ3n) is 3.42. The molecule has 0 aromatic carbocycles. The number of hydrogen-bond acceptors (Lipinski definition) is 3. The van der Waals surface area contributed by atoms with Gasteiger partial charge in [0, 0.05) is 38.0 Å². The Morgan fingerprint density at radius 1 is 1.29 bits per heavy atom. The van der Waals surface area contributed by atoms with Crippen LogP contribution in [-0.4, -0.2) is 48.2 Å². The first-order valence-corrected chi connectivity index (χ1v) is 7.90. The maximum atomic E-state index is 11.9. The van der Waals surface area contributed by atoms with Crippen LogP contribution in [0.5, 0.6) is 0 Å². The van der Waals surface area contributed by atoms with Gasteiger partial charge < -0.3 is 15.4 Å². The lowest BCUT2D eigenvalue weighted by Gasteiger charge is -2.12. The second kappa shape index (κ2) is 9.51. The molecule has 1 rings (SSSR count). The zero-order valence-corrected chi connectivity index (χ0v) is 14.6. The van der Waals surface area contributed by atoms with Gasteiger partial charge in [-0.05, 0) is 27.2 Å². The summed E-state index contributed by atoms with van der Waals surface area (Å²) in [6.07, 6.45) is -3.81. The minimum absolute atomic E-state index is 0.0483. The molecule has 0 amide bonds. The Kier molecular flexibility index (Phi) is 8.03. The molecular formula is C15H26F3N5O. The second-order valence-corrected chi connectivity index (χ2v) is 5.42. The van der Waals surface area contributed by atoms with E-state index in [1.165, 1.54) is 0 Å². The van der Waals surface area contributed by atoms with Crippen LogP contribution in [0.25, 0.3) is 0 Å². The van der Waals surface area contributed by atoms with Crippen LogP contribution in [0.15, 0.2) is 4.99 Å². The largest absolute Gasteiger partial charge is 0.411 e. The molecule has 0 aliphatic carbocycles. The number of halogens is 3. The lowest BCUT2D eigenvalue weighted by molar-refractivity contribution is -0.173. The molecule has 0 unspecified atom stereocenters. The van der Waals surface area contributed by atoms with Crippen LogP contribution in [0.1, 0.15) is 30.3 Å². The third-order valence-corrected chi connectivity index (χ3v) is 3.42. The summed E-state index contributed by atoms with van der Waals surface area (Å²) in [4.78, 5) is 4.50. The lowest BCUT2D eigenvalue weighted by atomic mass is 10.2. The summed E-state index contributed by atoms with van der Waals surface area (Å²) in [5.74, 6) is 0.621. The Hall–Kier alpha value is -1.77. The van der Waals surface area contributed by atoms with Gasteiger partial charge in [0.25, 0.3) is 0 Å². The Morgan fingerprint density at radius 2 is 2.00 bits per heavy atom. The van der Waals surface area contributed by atoms with Crippen molar-refractivity contribution < 1.29 is 17.9 Å². The number of aromatic nitrogens is 2. The van der Waals surface area contributed by atoms with E-state index in [1.54, 1.807) is 0 Å². The van der Waals surface area contributed by atoms with Crippen LogP contribution < -0.4 is 10.6 Å². The molecular weight excluding hydrogens is 323 g/mol. The number of ether oxygens (including phenoxy) is 1. The highest BCUT2D eigenvalue weighted by molar-refractivity contribution is 5.79. The fourth-order valence-electron chi connectivity index (χ4n) is 2.12. The van der Waals surface area contributed by atoms with Gasteiger partial charge in [-0.25, -0.2) is 4.99 Å². The van der Waals surface area contributed by atoms with Gasteiger partial charge in [-0.2, -0.15) is 18.3 Å². The van der Waals surface area contributed by atoms with E-state index in [1.807, 2.05) is 32.5 Å². The van der Waals surface area contributed by atoms with Crippen molar-refractivity contribution in [3.8, 4) is 0 Å². The topological polar surface area (TPSA) is 63.5 Å². The molecule has 2 N–H and O–H groups in total. The zero-order chi connectivity index (χ0) is 18.2. The first kappa shape index (κ1) is 20.3. The average Bonchev–Trinajstić information content (AvgIpc) is 2.72. The van der Waals surface area contributed by atoms with Gasteiger partial charge in [-0.1, -0.05) is 0 Å². The van der Waals surface area contributed by atoms with Crippen LogP contribution in [0.2, 0.25) is 0 Å². The average molecular weight is 349 g/mol. The highest BCUT2D eigenvalue weighted by atomic mass is 19.4. The highest BCUT2D eigenvalue weighted by Gasteiger charge is 2.27. The number of aryl methyl sites for hydroxylation is 2. The Labute approximate surface area is 140 Å². The molecule has 0 bridgehead atoms. The molecule has 0 spiro atoms. The zero-order valence-electron chi connectivity index (χ0n) is 14.6. The number of guanidine groups is 1. The van der Waals surface area contributed by atoms with Gasteiger partial charge in [0.05, 0.1) is 12.2 Å². The predicted molar refractivity (Wildman–Crippen MR) is 87.0 cm³/mol. The van der Waals surface area contributed by atoms with E-state index in [4.69, 9.17) is 0 Å². The van der Waals surface area contributed by atoms with Crippen LogP contribution in [0, 0.1) is 13.8 Å². The fraction of sp³-hybridized carbons (Fsp3) is 0.733. The fourth-order valence-corrected chi connectivity index (χ4v) is 2.12. The summed E-state index contributed by atoms with van der Waals surface area (Å²) < 4.78 is 42.2. The van der Waals surface area contributed by atoms with E-state index < -0.39 is 12.8 Å². The van der Waals surface area contributed by atoms with Crippen molar-refractivity contribution in [1.82, 2.24) is 20.4 Å². The number of rotatable bonds is 8. The molecule has 0 saturated carbocycles. The smallest absolute Gasteiger partial charge is 0.372 e. The van der Waals surface area contributed by atoms with Crippen molar-refractivity contribution in [3.05, 3.63) is 17.0 Å². The lowest BCUT2D eigenvalue weighted by Crippen LogP contribution is -2.38. The number of alkyl halides is 3. The molecule has 9 heteroatoms. The predicted octanol–water partition coefficient (Wildman–Crippen LogP) is 2.06. The minimum atomic E-state index is -4.27. The first-order chi connectivity index (χ1) is 11.2. The molecule has 0 fully saturated rings. The summed E-state index contributed by atoms with van der Waals surface area (Å²) in [5, 5.41) is 10.5. The van der Waals surface area contributed by atoms with Crippen molar-refractivity contribution in [2.45, 2.75) is 39.9 Å². The van der Waals surface area contributed by atoms with Gasteiger partial charge in [-0.15, -0.1) is 0 Å². The summed E-state index contributed by atoms with van der Waals surface area (Å²) >= 11 is 0. The molecule has 1 aromatic rings. The molecule has 24 heavy (non-hydrogen) atoms. The Balaban J connectivity index is 2.43. The van der Waals surface area contributed by atoms with E-state index in [2.05, 4.69) is 25.5 Å². The maximum absolute atomic E-state index is 11.9. The number of nitrogens with zero attached hydrogens (tertiary/aromatic N) is 3. The van der Waals surface area contributed by atoms with E-state index in [-0.39, 0.29) is 6.61 Å². The molecule has 6 nitrogen and oxygen atoms in total. The summed E-state index contributed by atoms with van der Waals surface area (Å²) in [6.45, 7) is 6.39. The van der Waals surface area contributed by atoms with E-state index in [0.29, 0.717) is 32.0 Å². The first-order valence-electron chi connectivity index (χ1n) is 7.90. The van der Waals surface area contributed by atoms with E-state index in [9.17, 15) is 13.2 Å². The van der Waals surface area contributed by atoms with Crippen molar-refractivity contribution in [2.24, 2.45) is 12.0 Å². The van der Waals surface area contributed by atoms with Crippen LogP contribution >= 0.6 is 0 Å². The maximum Gasteiger partial charge on any atom is 0.411 e. The number of aliphatic imine (C=N–C) groups is 1. The molecule has 1 heterocycles. The van der Waals surface area contributed by atoms with Crippen molar-refractivity contribution in [2.75, 3.05) is 26.3 Å². The minimum Gasteiger partial charge on any atom is -0.372 e. The molecule has 0 radical (unpaired) electrons. The van der Waals surface area contributed by atoms with Gasteiger partial charge in [0.1, 0.15) is 6.61 Å². The normalized spacial score (nSPS) is 12.5. The van der Waals surface area contributed by atoms with E-state index >= 15 is 0 Å². The highest BCUT2D eigenvalue weighted by Crippen LogP contribution is 2.14. The number of hydrogen-bond donors (Lipinski definition) is 2. The van der Waals surface area contributed by atoms with Crippen molar-refractivity contribution >= 4 is 5.96 Å². The quantitative estimate of drug-likeness (QED) is 0.428. The molecule has 0 aliphatic rings. The molecule has 0 atom stereocenters. The molecule has 0 saturated heterocycles. The Morgan fingerprint density at radius 3 is 2.54 bits per heavy atom. The van der Waals surface area contributed by atoms with Crippen LogP contribution in [-0.2, 0) is 18.3 Å². The van der Waals surface area contributed by atoms with Gasteiger partial charge in [-0.3, -0.25) is 4.68 Å². The van der Waals surface area contributed by atoms with Crippen LogP contribution in [0.3, 0.4) is 0 Å². The summed E-state index contributed by atoms with van der Waals surface area (Å²) in [5.41, 5.74) is 3.08. The van der Waals surface area contributed by atoms with Gasteiger partial charge >= 0.3 is 6.18 Å². The second-order valence-electron chi connectivity index (χ2n) is 5.42. The SMILES string of the molecule is CCNC(=NCc1c(C)nn(C)c1C)NCCCOCC(F)(F)F. The van der Waals surface area contributed by atoms with Gasteiger partial charge in [0.15, 0.2) is 5.96 Å². The van der Waals surface area contributed by atoms with E-state index in [0.717, 1.165) is 17.0 Å². The molecule has 1 aromatic heterocycles. The Bertz CT molecular complexity index is 540. The molecule has 0 aliphatic heterocycles. The van der Waals surface area contributed by atoms with Gasteiger partial charge in [0.2, 0.25) is 0 Å². The standard InChI is InChI=1S/C15H26F3N5O/c1-5-19-14(20-7-6-8-24-10-15(16,17)18)21-9-13-11(2)22-23(4)12(13)3/h5-10H2,1-4H3,(H2,19,20,21). The third kappa shape index (κ3) is 7.20. The monoisotopic (exact) mass is 349 g/mol. The van der Waals surface area contributed by atoms with Crippen molar-refractivity contribution in [1.29, 1.82) is 0 Å². The number of nitrogens with one attached hydrogen (secondary N) is 2. The summed E-state index contributed by atoms with van der Waals surface area (Å²) in [7, 11) is 1.89. The molecule has 138 valence electrons. The van der Waals surface area contributed by atoms with Crippen molar-refractivity contribution in [3.63, 3.8) is 0 Å². The van der Waals surface area contributed by atoms with Crippen LogP contribution in [0.4, 0.5) is 13.2 Å².